The zero-order valence-corrected chi connectivity index (χ0v) is 22.2. The molecule has 165 valence electrons. The third-order valence-electron chi connectivity index (χ3n) is 5.92. The van der Waals surface area contributed by atoms with Gasteiger partial charge in [0.15, 0.2) is 0 Å². The Labute approximate surface area is 217 Å². The van der Waals surface area contributed by atoms with Crippen LogP contribution in [0.1, 0.15) is 62.5 Å². The van der Waals surface area contributed by atoms with Gasteiger partial charge in [0.2, 0.25) is 0 Å². The van der Waals surface area contributed by atoms with Gasteiger partial charge in [-0.05, 0) is 50.0 Å². The van der Waals surface area contributed by atoms with Crippen molar-refractivity contribution in [3.8, 4) is 0 Å². The van der Waals surface area contributed by atoms with E-state index in [9.17, 15) is 0 Å². The molecule has 0 saturated carbocycles. The summed E-state index contributed by atoms with van der Waals surface area (Å²) in [5, 5.41) is 0. The first-order valence-electron chi connectivity index (χ1n) is 10.6. The van der Waals surface area contributed by atoms with Gasteiger partial charge in [-0.1, -0.05) is 87.4 Å². The van der Waals surface area contributed by atoms with Crippen LogP contribution in [0.2, 0.25) is 0 Å². The molecule has 0 aliphatic heterocycles. The molecule has 2 atom stereocenters. The van der Waals surface area contributed by atoms with E-state index in [4.69, 9.17) is 0 Å². The van der Waals surface area contributed by atoms with E-state index >= 15 is 0 Å². The molecule has 2 aromatic rings. The van der Waals surface area contributed by atoms with Crippen LogP contribution in [0.15, 0.2) is 77.4 Å². The van der Waals surface area contributed by atoms with Gasteiger partial charge in [0.25, 0.3) is 0 Å². The Morgan fingerprint density at radius 2 is 1.29 bits per heavy atom. The molecule has 3 rings (SSSR count). The standard InChI is InChI=1S/C27H34N.2ClH.Ti/c1-21(23-11-7-5-8-12-23)19-26-16-15-25(17-18-28(3)4)27(26)20-22(2)24-13-9-6-10-14-24;;;/h5-14,21-22H,15,17-20H2,1-4H3;2*1H;/q-1;;;+3/p-2. The maximum absolute atomic E-state index is 3.76. The van der Waals surface area contributed by atoms with E-state index < -0.39 is 0 Å². The second kappa shape index (κ2) is 15.1. The first kappa shape index (κ1) is 30.2. The maximum Gasteiger partial charge on any atom is 3.00 e. The van der Waals surface area contributed by atoms with E-state index in [0.29, 0.717) is 11.8 Å². The molecule has 31 heavy (non-hydrogen) atoms. The third-order valence-corrected chi connectivity index (χ3v) is 5.92. The van der Waals surface area contributed by atoms with E-state index in [-0.39, 0.29) is 46.5 Å². The van der Waals surface area contributed by atoms with Crippen molar-refractivity contribution in [2.75, 3.05) is 20.6 Å². The Morgan fingerprint density at radius 3 is 1.77 bits per heavy atom. The SMILES string of the molecule is CC(CC1=[C-]CC(CCN(C)C)=C1CC(C)c1ccccc1)c1ccccc1.[Cl-].[Cl-].[Ti+3]. The average molecular weight is 491 g/mol. The second-order valence-electron chi connectivity index (χ2n) is 8.50. The minimum atomic E-state index is 0. The first-order chi connectivity index (χ1) is 13.5. The van der Waals surface area contributed by atoms with Crippen molar-refractivity contribution >= 4 is 0 Å². The minimum Gasteiger partial charge on any atom is -1.00 e. The predicted octanol–water partition coefficient (Wildman–Crippen LogP) is 0.761. The Morgan fingerprint density at radius 1 is 0.806 bits per heavy atom. The summed E-state index contributed by atoms with van der Waals surface area (Å²) in [7, 11) is 4.33. The summed E-state index contributed by atoms with van der Waals surface area (Å²) in [6, 6.07) is 21.8. The number of rotatable bonds is 9. The summed E-state index contributed by atoms with van der Waals surface area (Å²) in [5.41, 5.74) is 7.51. The molecule has 0 N–H and O–H groups in total. The van der Waals surface area contributed by atoms with Crippen molar-refractivity contribution < 1.29 is 46.5 Å². The largest absolute Gasteiger partial charge is 3.00 e. The van der Waals surface area contributed by atoms with E-state index in [1.54, 1.807) is 11.1 Å². The molecule has 0 heterocycles. The maximum atomic E-state index is 3.76. The zero-order valence-electron chi connectivity index (χ0n) is 19.2. The summed E-state index contributed by atoms with van der Waals surface area (Å²) in [5.74, 6) is 1.06. The molecule has 0 aromatic heterocycles. The van der Waals surface area contributed by atoms with Crippen LogP contribution in [-0.4, -0.2) is 25.5 Å². The summed E-state index contributed by atoms with van der Waals surface area (Å²) < 4.78 is 0. The molecule has 0 fully saturated rings. The Balaban J connectivity index is 0.00000300. The van der Waals surface area contributed by atoms with Gasteiger partial charge in [0.05, 0.1) is 0 Å². The summed E-state index contributed by atoms with van der Waals surface area (Å²) in [4.78, 5) is 2.29. The van der Waals surface area contributed by atoms with Crippen LogP contribution in [0.4, 0.5) is 0 Å². The summed E-state index contributed by atoms with van der Waals surface area (Å²) >= 11 is 0. The molecule has 0 amide bonds. The van der Waals surface area contributed by atoms with E-state index in [1.807, 2.05) is 0 Å². The molecule has 1 aliphatic rings. The van der Waals surface area contributed by atoms with Crippen LogP contribution in [0, 0.1) is 6.08 Å². The van der Waals surface area contributed by atoms with Crippen molar-refractivity contribution in [3.05, 3.63) is 94.6 Å². The van der Waals surface area contributed by atoms with Gasteiger partial charge in [0, 0.05) is 0 Å². The first-order valence-corrected chi connectivity index (χ1v) is 10.6. The van der Waals surface area contributed by atoms with Crippen molar-refractivity contribution in [1.82, 2.24) is 4.90 Å². The molecule has 1 radical (unpaired) electrons. The van der Waals surface area contributed by atoms with E-state index in [0.717, 1.165) is 32.2 Å². The van der Waals surface area contributed by atoms with Crippen molar-refractivity contribution in [2.45, 2.75) is 51.4 Å². The van der Waals surface area contributed by atoms with Crippen LogP contribution in [0.25, 0.3) is 0 Å². The smallest absolute Gasteiger partial charge is 1.00 e. The Bertz CT molecular complexity index is 816. The summed E-state index contributed by atoms with van der Waals surface area (Å²) in [6.07, 6.45) is 8.14. The zero-order chi connectivity index (χ0) is 19.9. The number of hydrogen-bond donors (Lipinski definition) is 0. The van der Waals surface area contributed by atoms with Gasteiger partial charge in [-0.15, -0.1) is 6.42 Å². The molecule has 0 spiro atoms. The molecule has 1 aliphatic carbocycles. The minimum absolute atomic E-state index is 0. The van der Waals surface area contributed by atoms with Gasteiger partial charge in [0.1, 0.15) is 0 Å². The van der Waals surface area contributed by atoms with Crippen LogP contribution < -0.4 is 24.8 Å². The molecule has 0 bridgehead atoms. The van der Waals surface area contributed by atoms with Crippen LogP contribution >= 0.6 is 0 Å². The third kappa shape index (κ3) is 8.91. The molecule has 2 unspecified atom stereocenters. The normalized spacial score (nSPS) is 14.8. The topological polar surface area (TPSA) is 3.24 Å². The van der Waals surface area contributed by atoms with E-state index in [2.05, 4.69) is 99.6 Å². The van der Waals surface area contributed by atoms with E-state index in [1.165, 1.54) is 16.7 Å². The number of benzene rings is 2. The Kier molecular flexibility index (Phi) is 14.7. The van der Waals surface area contributed by atoms with Gasteiger partial charge in [-0.3, -0.25) is 6.08 Å². The second-order valence-corrected chi connectivity index (χ2v) is 8.50. The fourth-order valence-corrected chi connectivity index (χ4v) is 4.11. The van der Waals surface area contributed by atoms with Crippen LogP contribution in [0.3, 0.4) is 0 Å². The number of hydrogen-bond acceptors (Lipinski definition) is 1. The molecule has 2 aromatic carbocycles. The predicted molar refractivity (Wildman–Crippen MR) is 121 cm³/mol. The molecular formula is C27H34Cl2NTi. The monoisotopic (exact) mass is 490 g/mol. The van der Waals surface area contributed by atoms with Gasteiger partial charge >= 0.3 is 21.7 Å². The summed E-state index contributed by atoms with van der Waals surface area (Å²) in [6.45, 7) is 5.82. The van der Waals surface area contributed by atoms with Crippen molar-refractivity contribution in [2.24, 2.45) is 0 Å². The molecule has 0 saturated heterocycles. The average Bonchev–Trinajstić information content (AvgIpc) is 3.08. The molecule has 1 nitrogen and oxygen atoms in total. The Hall–Kier alpha value is -0.826. The van der Waals surface area contributed by atoms with Crippen LogP contribution in [0.5, 0.6) is 0 Å². The van der Waals surface area contributed by atoms with Gasteiger partial charge < -0.3 is 29.7 Å². The molecular weight excluding hydrogens is 457 g/mol. The fraction of sp³-hybridized carbons (Fsp3) is 0.407. The fourth-order valence-electron chi connectivity index (χ4n) is 4.11. The van der Waals surface area contributed by atoms with Crippen molar-refractivity contribution in [1.29, 1.82) is 0 Å². The van der Waals surface area contributed by atoms with Crippen LogP contribution in [-0.2, 0) is 21.7 Å². The number of allylic oxidation sites excluding steroid dienone is 3. The quantitative estimate of drug-likeness (QED) is 0.370. The van der Waals surface area contributed by atoms with Crippen molar-refractivity contribution in [3.63, 3.8) is 0 Å². The number of nitrogens with zero attached hydrogens (tertiary/aromatic N) is 1. The van der Waals surface area contributed by atoms with Gasteiger partial charge in [-0.2, -0.15) is 11.1 Å². The molecule has 4 heteroatoms. The number of halogens is 2. The van der Waals surface area contributed by atoms with Gasteiger partial charge in [-0.25, -0.2) is 5.57 Å².